The standard InChI is InChI=1S/C25H31F3N6O3/c1-17(35)30(2)21-10-29-34(16-21)24(36)33-14-19-12-31(13-20(19)15-33)11-18-3-4-23(22(9-18)25(26,27)28)32-5-7-37-8-6-32/h3-4,9-10,16,19-20H,5-8,11-15H2,1-2H3. The van der Waals surface area contributed by atoms with Gasteiger partial charge in [0.15, 0.2) is 0 Å². The summed E-state index contributed by atoms with van der Waals surface area (Å²) in [5.41, 5.74) is 0.792. The molecule has 0 N–H and O–H groups in total. The highest BCUT2D eigenvalue weighted by Crippen LogP contribution is 2.38. The zero-order chi connectivity index (χ0) is 26.3. The molecule has 1 aromatic carbocycles. The molecule has 9 nitrogen and oxygen atoms in total. The molecule has 200 valence electrons. The molecule has 3 aliphatic rings. The number of rotatable bonds is 4. The normalized spacial score (nSPS) is 22.4. The summed E-state index contributed by atoms with van der Waals surface area (Å²) in [6, 6.07) is 4.42. The summed E-state index contributed by atoms with van der Waals surface area (Å²) in [6.45, 7) is 6.20. The quantitative estimate of drug-likeness (QED) is 0.618. The number of morpholine rings is 1. The second kappa shape index (κ2) is 9.97. The molecule has 0 spiro atoms. The number of nitrogens with zero attached hydrogens (tertiary/aromatic N) is 6. The highest BCUT2D eigenvalue weighted by atomic mass is 19.4. The van der Waals surface area contributed by atoms with Gasteiger partial charge < -0.3 is 19.4 Å². The molecular formula is C25H31F3N6O3. The summed E-state index contributed by atoms with van der Waals surface area (Å²) in [7, 11) is 1.62. The minimum Gasteiger partial charge on any atom is -0.378 e. The minimum absolute atomic E-state index is 0.152. The fraction of sp³-hybridized carbons (Fsp3) is 0.560. The number of carbonyl (C=O) groups is 2. The highest BCUT2D eigenvalue weighted by Gasteiger charge is 2.42. The molecule has 12 heteroatoms. The van der Waals surface area contributed by atoms with Gasteiger partial charge in [-0.1, -0.05) is 6.07 Å². The molecule has 2 aromatic rings. The second-order valence-corrected chi connectivity index (χ2v) is 10.1. The Morgan fingerprint density at radius 2 is 1.78 bits per heavy atom. The molecule has 0 saturated carbocycles. The van der Waals surface area contributed by atoms with E-state index in [1.165, 1.54) is 28.8 Å². The van der Waals surface area contributed by atoms with E-state index in [9.17, 15) is 22.8 Å². The Hall–Kier alpha value is -3.12. The van der Waals surface area contributed by atoms with E-state index in [4.69, 9.17) is 4.74 Å². The molecule has 4 heterocycles. The SMILES string of the molecule is CC(=O)N(C)c1cnn(C(=O)N2CC3CN(Cc4ccc(N5CCOCC5)c(C(F)(F)F)c4)CC3C2)c1. The van der Waals surface area contributed by atoms with Crippen molar-refractivity contribution >= 4 is 23.3 Å². The lowest BCUT2D eigenvalue weighted by Crippen LogP contribution is -2.37. The maximum Gasteiger partial charge on any atom is 0.418 e. The number of fused-ring (bicyclic) bond motifs is 1. The third kappa shape index (κ3) is 5.30. The molecule has 1 aromatic heterocycles. The number of amides is 2. The van der Waals surface area contributed by atoms with Gasteiger partial charge in [0.05, 0.1) is 36.9 Å². The molecule has 0 aliphatic carbocycles. The number of benzene rings is 1. The Balaban J connectivity index is 1.21. The van der Waals surface area contributed by atoms with Gasteiger partial charge in [0.1, 0.15) is 0 Å². The Labute approximate surface area is 213 Å². The summed E-state index contributed by atoms with van der Waals surface area (Å²) in [6.07, 6.45) is -1.40. The lowest BCUT2D eigenvalue weighted by molar-refractivity contribution is -0.137. The van der Waals surface area contributed by atoms with Crippen molar-refractivity contribution in [3.05, 3.63) is 41.7 Å². The molecule has 5 rings (SSSR count). The van der Waals surface area contributed by atoms with E-state index in [0.717, 1.165) is 13.1 Å². The number of likely N-dealkylation sites (tertiary alicyclic amines) is 2. The minimum atomic E-state index is -4.43. The number of ether oxygens (including phenoxy) is 1. The summed E-state index contributed by atoms with van der Waals surface area (Å²) >= 11 is 0. The largest absolute Gasteiger partial charge is 0.418 e. The van der Waals surface area contributed by atoms with Gasteiger partial charge in [0.2, 0.25) is 5.91 Å². The Morgan fingerprint density at radius 3 is 2.41 bits per heavy atom. The van der Waals surface area contributed by atoms with Crippen LogP contribution in [-0.2, 0) is 22.3 Å². The van der Waals surface area contributed by atoms with Crippen LogP contribution in [0.5, 0.6) is 0 Å². The summed E-state index contributed by atoms with van der Waals surface area (Å²) in [5.74, 6) is 0.364. The van der Waals surface area contributed by atoms with Crippen molar-refractivity contribution in [3.63, 3.8) is 0 Å². The molecule has 2 atom stereocenters. The number of hydrogen-bond donors (Lipinski definition) is 0. The molecule has 3 fully saturated rings. The van der Waals surface area contributed by atoms with Crippen LogP contribution < -0.4 is 9.80 Å². The first-order chi connectivity index (χ1) is 17.6. The van der Waals surface area contributed by atoms with Crippen LogP contribution in [0, 0.1) is 11.8 Å². The number of alkyl halides is 3. The third-order valence-electron chi connectivity index (χ3n) is 7.58. The average Bonchev–Trinajstić information content (AvgIpc) is 3.58. The molecule has 2 unspecified atom stereocenters. The zero-order valence-corrected chi connectivity index (χ0v) is 20.9. The maximum absolute atomic E-state index is 13.9. The lowest BCUT2D eigenvalue weighted by Gasteiger charge is -2.31. The van der Waals surface area contributed by atoms with Crippen molar-refractivity contribution < 1.29 is 27.5 Å². The van der Waals surface area contributed by atoms with Gasteiger partial charge >= 0.3 is 12.2 Å². The van der Waals surface area contributed by atoms with Crippen molar-refractivity contribution in [2.45, 2.75) is 19.6 Å². The van der Waals surface area contributed by atoms with Crippen LogP contribution in [0.25, 0.3) is 0 Å². The predicted molar refractivity (Wildman–Crippen MR) is 130 cm³/mol. The van der Waals surface area contributed by atoms with Crippen molar-refractivity contribution in [2.75, 3.05) is 69.3 Å². The molecule has 0 bridgehead atoms. The van der Waals surface area contributed by atoms with E-state index in [1.807, 2.05) is 0 Å². The highest BCUT2D eigenvalue weighted by molar-refractivity contribution is 5.91. The molecule has 2 amide bonds. The van der Waals surface area contributed by atoms with Gasteiger partial charge in [-0.25, -0.2) is 4.79 Å². The van der Waals surface area contributed by atoms with Gasteiger partial charge in [-0.15, -0.1) is 0 Å². The van der Waals surface area contributed by atoms with Crippen LogP contribution in [0.15, 0.2) is 30.6 Å². The van der Waals surface area contributed by atoms with E-state index in [0.29, 0.717) is 57.2 Å². The lowest BCUT2D eigenvalue weighted by atomic mass is 10.0. The molecular weight excluding hydrogens is 489 g/mol. The number of carbonyl (C=O) groups excluding carboxylic acids is 2. The zero-order valence-electron chi connectivity index (χ0n) is 20.9. The summed E-state index contributed by atoms with van der Waals surface area (Å²) in [4.78, 5) is 31.6. The van der Waals surface area contributed by atoms with Crippen LogP contribution in [0.2, 0.25) is 0 Å². The first-order valence-corrected chi connectivity index (χ1v) is 12.4. The van der Waals surface area contributed by atoms with Gasteiger partial charge in [-0.2, -0.15) is 23.0 Å². The predicted octanol–water partition coefficient (Wildman–Crippen LogP) is 2.75. The fourth-order valence-corrected chi connectivity index (χ4v) is 5.54. The third-order valence-corrected chi connectivity index (χ3v) is 7.58. The second-order valence-electron chi connectivity index (χ2n) is 10.1. The van der Waals surface area contributed by atoms with E-state index in [2.05, 4.69) is 10.00 Å². The van der Waals surface area contributed by atoms with Gasteiger partial charge in [0.25, 0.3) is 0 Å². The van der Waals surface area contributed by atoms with Crippen molar-refractivity contribution in [3.8, 4) is 0 Å². The Bertz CT molecular complexity index is 1150. The monoisotopic (exact) mass is 520 g/mol. The first kappa shape index (κ1) is 25.5. The van der Waals surface area contributed by atoms with Gasteiger partial charge in [0, 0.05) is 65.5 Å². The van der Waals surface area contributed by atoms with E-state index in [1.54, 1.807) is 35.2 Å². The first-order valence-electron chi connectivity index (χ1n) is 12.4. The number of hydrogen-bond acceptors (Lipinski definition) is 6. The number of anilines is 2. The maximum atomic E-state index is 13.9. The van der Waals surface area contributed by atoms with Crippen LogP contribution in [0.1, 0.15) is 18.1 Å². The van der Waals surface area contributed by atoms with Gasteiger partial charge in [-0.3, -0.25) is 9.69 Å². The summed E-state index contributed by atoms with van der Waals surface area (Å²) in [5, 5.41) is 4.12. The summed E-state index contributed by atoms with van der Waals surface area (Å²) < 4.78 is 48.2. The molecule has 3 saturated heterocycles. The van der Waals surface area contributed by atoms with Crippen molar-refractivity contribution in [1.82, 2.24) is 19.6 Å². The smallest absolute Gasteiger partial charge is 0.378 e. The van der Waals surface area contributed by atoms with Crippen LogP contribution in [0.4, 0.5) is 29.3 Å². The average molecular weight is 521 g/mol. The van der Waals surface area contributed by atoms with Crippen LogP contribution in [-0.4, -0.2) is 91.0 Å². The number of aromatic nitrogens is 2. The van der Waals surface area contributed by atoms with Gasteiger partial charge in [-0.05, 0) is 29.5 Å². The van der Waals surface area contributed by atoms with E-state index >= 15 is 0 Å². The molecule has 3 aliphatic heterocycles. The van der Waals surface area contributed by atoms with E-state index < -0.39 is 11.7 Å². The van der Waals surface area contributed by atoms with E-state index in [-0.39, 0.29) is 29.5 Å². The Kier molecular flexibility index (Phi) is 6.88. The topological polar surface area (TPSA) is 74.2 Å². The fourth-order valence-electron chi connectivity index (χ4n) is 5.54. The van der Waals surface area contributed by atoms with Crippen molar-refractivity contribution in [1.29, 1.82) is 0 Å². The van der Waals surface area contributed by atoms with Crippen molar-refractivity contribution in [2.24, 2.45) is 11.8 Å². The van der Waals surface area contributed by atoms with Crippen LogP contribution in [0.3, 0.4) is 0 Å². The molecule has 37 heavy (non-hydrogen) atoms. The van der Waals surface area contributed by atoms with Crippen LogP contribution >= 0.6 is 0 Å². The Morgan fingerprint density at radius 1 is 1.11 bits per heavy atom. The number of halogens is 3. The molecule has 0 radical (unpaired) electrons.